The number of ether oxygens (including phenoxy) is 1. The maximum Gasteiger partial charge on any atom is 0.350 e. The van der Waals surface area contributed by atoms with Gasteiger partial charge in [-0.2, -0.15) is 0 Å². The monoisotopic (exact) mass is 388 g/mol. The van der Waals surface area contributed by atoms with Gasteiger partial charge < -0.3 is 10.1 Å². The van der Waals surface area contributed by atoms with Crippen LogP contribution in [0, 0.1) is 6.92 Å². The number of fused-ring (bicyclic) bond motifs is 1. The molecule has 0 fully saturated rings. The molecule has 0 bridgehead atoms. The summed E-state index contributed by atoms with van der Waals surface area (Å²) >= 11 is 0. The summed E-state index contributed by atoms with van der Waals surface area (Å²) in [6, 6.07) is 18.1. The highest BCUT2D eigenvalue weighted by Gasteiger charge is 2.10. The van der Waals surface area contributed by atoms with Crippen LogP contribution < -0.4 is 15.7 Å². The minimum absolute atomic E-state index is 0.207. The predicted octanol–water partition coefficient (Wildman–Crippen LogP) is 3.11. The highest BCUT2D eigenvalue weighted by Crippen LogP contribution is 2.20. The van der Waals surface area contributed by atoms with Crippen LogP contribution in [0.4, 0.5) is 5.69 Å². The number of carbonyl (C=O) groups is 1. The van der Waals surface area contributed by atoms with Gasteiger partial charge >= 0.3 is 5.69 Å². The lowest BCUT2D eigenvalue weighted by Crippen LogP contribution is -2.21. The molecule has 0 aliphatic rings. The zero-order valence-corrected chi connectivity index (χ0v) is 16.1. The van der Waals surface area contributed by atoms with Crippen molar-refractivity contribution in [1.29, 1.82) is 0 Å². The van der Waals surface area contributed by atoms with Gasteiger partial charge in [0.1, 0.15) is 5.75 Å². The average molecular weight is 388 g/mol. The van der Waals surface area contributed by atoms with Crippen molar-refractivity contribution in [3.8, 4) is 5.75 Å². The van der Waals surface area contributed by atoms with Crippen molar-refractivity contribution in [3.05, 3.63) is 94.0 Å². The third-order valence-electron chi connectivity index (χ3n) is 4.68. The van der Waals surface area contributed by atoms with Gasteiger partial charge in [-0.25, -0.2) is 9.48 Å². The fourth-order valence-electron chi connectivity index (χ4n) is 3.16. The Morgan fingerprint density at radius 1 is 1.10 bits per heavy atom. The number of benzene rings is 2. The number of amides is 1. The van der Waals surface area contributed by atoms with E-state index in [2.05, 4.69) is 10.4 Å². The molecule has 7 nitrogen and oxygen atoms in total. The number of carbonyl (C=O) groups excluding carboxylic acids is 1. The van der Waals surface area contributed by atoms with Gasteiger partial charge in [-0.3, -0.25) is 9.20 Å². The van der Waals surface area contributed by atoms with Crippen LogP contribution in [0.25, 0.3) is 5.65 Å². The van der Waals surface area contributed by atoms with E-state index in [4.69, 9.17) is 4.74 Å². The Kier molecular flexibility index (Phi) is 4.87. The van der Waals surface area contributed by atoms with Gasteiger partial charge in [0.2, 0.25) is 0 Å². The van der Waals surface area contributed by atoms with E-state index in [-0.39, 0.29) is 11.6 Å². The van der Waals surface area contributed by atoms with E-state index in [9.17, 15) is 9.59 Å². The Bertz CT molecular complexity index is 1260. The standard InChI is InChI=1S/C22H20N4O3/c1-15-9-10-17(13-19(15)29-2)21(27)23-18-7-5-6-16(12-18)14-26-22(28)25-11-4-3-8-20(25)24-26/h3-13H,14H2,1-2H3,(H,23,27). The van der Waals surface area contributed by atoms with Crippen molar-refractivity contribution in [2.75, 3.05) is 12.4 Å². The number of methoxy groups -OCH3 is 1. The van der Waals surface area contributed by atoms with Gasteiger partial charge in [0.25, 0.3) is 5.91 Å². The maximum atomic E-state index is 12.6. The van der Waals surface area contributed by atoms with Crippen LogP contribution in [-0.2, 0) is 6.54 Å². The minimum Gasteiger partial charge on any atom is -0.496 e. The zero-order valence-electron chi connectivity index (χ0n) is 16.1. The molecule has 0 unspecified atom stereocenters. The SMILES string of the molecule is COc1cc(C(=O)Nc2cccc(Cn3nc4ccccn4c3=O)c2)ccc1C. The fraction of sp³-hybridized carbons (Fsp3) is 0.136. The smallest absolute Gasteiger partial charge is 0.350 e. The minimum atomic E-state index is -0.231. The number of aromatic nitrogens is 3. The highest BCUT2D eigenvalue weighted by molar-refractivity contribution is 6.04. The van der Waals surface area contributed by atoms with Crippen LogP contribution in [0.1, 0.15) is 21.5 Å². The molecular weight excluding hydrogens is 368 g/mol. The molecule has 4 aromatic rings. The van der Waals surface area contributed by atoms with Crippen molar-refractivity contribution in [2.45, 2.75) is 13.5 Å². The first-order valence-electron chi connectivity index (χ1n) is 9.14. The summed E-state index contributed by atoms with van der Waals surface area (Å²) in [5.41, 5.74) is 3.36. The highest BCUT2D eigenvalue weighted by atomic mass is 16.5. The normalized spacial score (nSPS) is 10.8. The van der Waals surface area contributed by atoms with Crippen LogP contribution in [0.5, 0.6) is 5.75 Å². The Balaban J connectivity index is 1.55. The molecule has 1 amide bonds. The second kappa shape index (κ2) is 7.63. The van der Waals surface area contributed by atoms with Gasteiger partial charge in [-0.15, -0.1) is 5.10 Å². The Labute approximate surface area is 167 Å². The summed E-state index contributed by atoms with van der Waals surface area (Å²) in [7, 11) is 1.58. The lowest BCUT2D eigenvalue weighted by molar-refractivity contribution is 0.102. The van der Waals surface area contributed by atoms with E-state index in [1.54, 1.807) is 43.6 Å². The number of anilines is 1. The van der Waals surface area contributed by atoms with Crippen LogP contribution in [-0.4, -0.2) is 27.2 Å². The molecule has 0 atom stereocenters. The molecule has 146 valence electrons. The average Bonchev–Trinajstić information content (AvgIpc) is 3.04. The molecule has 0 saturated carbocycles. The first-order chi connectivity index (χ1) is 14.0. The molecule has 7 heteroatoms. The van der Waals surface area contributed by atoms with Crippen molar-refractivity contribution in [1.82, 2.24) is 14.2 Å². The topological polar surface area (TPSA) is 77.6 Å². The third kappa shape index (κ3) is 3.75. The Morgan fingerprint density at radius 3 is 2.76 bits per heavy atom. The number of aryl methyl sites for hydroxylation is 1. The number of hydrogen-bond donors (Lipinski definition) is 1. The van der Waals surface area contributed by atoms with Crippen molar-refractivity contribution < 1.29 is 9.53 Å². The molecular formula is C22H20N4O3. The number of pyridine rings is 1. The Hall–Kier alpha value is -3.87. The van der Waals surface area contributed by atoms with E-state index in [0.717, 1.165) is 11.1 Å². The molecule has 0 radical (unpaired) electrons. The largest absolute Gasteiger partial charge is 0.496 e. The number of nitrogens with one attached hydrogen (secondary N) is 1. The molecule has 29 heavy (non-hydrogen) atoms. The fourth-order valence-corrected chi connectivity index (χ4v) is 3.16. The van der Waals surface area contributed by atoms with Gasteiger partial charge in [-0.1, -0.05) is 24.3 Å². The van der Waals surface area contributed by atoms with Crippen LogP contribution in [0.3, 0.4) is 0 Å². The number of rotatable bonds is 5. The molecule has 0 saturated heterocycles. The second-order valence-electron chi connectivity index (χ2n) is 6.71. The summed E-state index contributed by atoms with van der Waals surface area (Å²) in [4.78, 5) is 25.0. The van der Waals surface area contributed by atoms with Gasteiger partial charge in [0, 0.05) is 17.4 Å². The maximum absolute atomic E-state index is 12.6. The van der Waals surface area contributed by atoms with Gasteiger partial charge in [-0.05, 0) is 54.4 Å². The molecule has 2 aromatic heterocycles. The zero-order chi connectivity index (χ0) is 20.4. The van der Waals surface area contributed by atoms with E-state index in [0.29, 0.717) is 29.2 Å². The van der Waals surface area contributed by atoms with Crippen molar-refractivity contribution in [2.24, 2.45) is 0 Å². The van der Waals surface area contributed by atoms with Crippen LogP contribution in [0.2, 0.25) is 0 Å². The van der Waals surface area contributed by atoms with E-state index >= 15 is 0 Å². The van der Waals surface area contributed by atoms with Crippen LogP contribution >= 0.6 is 0 Å². The Morgan fingerprint density at radius 2 is 1.97 bits per heavy atom. The lowest BCUT2D eigenvalue weighted by Gasteiger charge is -2.10. The lowest BCUT2D eigenvalue weighted by atomic mass is 10.1. The third-order valence-corrected chi connectivity index (χ3v) is 4.68. The first kappa shape index (κ1) is 18.5. The second-order valence-corrected chi connectivity index (χ2v) is 6.71. The van der Waals surface area contributed by atoms with Gasteiger partial charge in [0.15, 0.2) is 5.65 Å². The van der Waals surface area contributed by atoms with Crippen molar-refractivity contribution >= 4 is 17.2 Å². The van der Waals surface area contributed by atoms with E-state index < -0.39 is 0 Å². The molecule has 0 aliphatic carbocycles. The first-order valence-corrected chi connectivity index (χ1v) is 9.14. The summed E-state index contributed by atoms with van der Waals surface area (Å²) in [5, 5.41) is 7.23. The summed E-state index contributed by atoms with van der Waals surface area (Å²) in [5.74, 6) is 0.433. The quantitative estimate of drug-likeness (QED) is 0.570. The van der Waals surface area contributed by atoms with Gasteiger partial charge in [0.05, 0.1) is 13.7 Å². The molecule has 0 spiro atoms. The molecule has 2 aromatic carbocycles. The van der Waals surface area contributed by atoms with E-state index in [1.807, 2.05) is 37.3 Å². The summed E-state index contributed by atoms with van der Waals surface area (Å²) in [6.07, 6.45) is 1.69. The summed E-state index contributed by atoms with van der Waals surface area (Å²) in [6.45, 7) is 2.23. The summed E-state index contributed by atoms with van der Waals surface area (Å²) < 4.78 is 8.19. The molecule has 2 heterocycles. The molecule has 0 aliphatic heterocycles. The van der Waals surface area contributed by atoms with E-state index in [1.165, 1.54) is 9.08 Å². The number of nitrogens with zero attached hydrogens (tertiary/aromatic N) is 3. The van der Waals surface area contributed by atoms with Crippen molar-refractivity contribution in [3.63, 3.8) is 0 Å². The van der Waals surface area contributed by atoms with Crippen LogP contribution in [0.15, 0.2) is 71.7 Å². The molecule has 1 N–H and O–H groups in total. The number of hydrogen-bond acceptors (Lipinski definition) is 4. The molecule has 4 rings (SSSR count). The predicted molar refractivity (Wildman–Crippen MR) is 111 cm³/mol.